The van der Waals surface area contributed by atoms with E-state index in [-0.39, 0.29) is 0 Å². The minimum atomic E-state index is 0.589. The molecule has 0 N–H and O–H groups in total. The van der Waals surface area contributed by atoms with Crippen LogP contribution in [0.15, 0.2) is 168 Å². The zero-order valence-corrected chi connectivity index (χ0v) is 26.3. The lowest BCUT2D eigenvalue weighted by atomic mass is 9.96. The van der Waals surface area contributed by atoms with E-state index < -0.39 is 0 Å². The van der Waals surface area contributed by atoms with E-state index in [4.69, 9.17) is 19.4 Å². The Morgan fingerprint density at radius 1 is 0.327 bits per heavy atom. The molecule has 0 unspecified atom stereocenters. The van der Waals surface area contributed by atoms with Crippen LogP contribution in [0.1, 0.15) is 0 Å². The van der Waals surface area contributed by atoms with Crippen molar-refractivity contribution in [1.82, 2.24) is 15.0 Å². The van der Waals surface area contributed by atoms with Crippen LogP contribution in [0.25, 0.3) is 99.5 Å². The first kappa shape index (κ1) is 27.5. The zero-order chi connectivity index (χ0) is 32.3. The maximum absolute atomic E-state index is 6.65. The molecule has 0 aliphatic carbocycles. The molecule has 10 rings (SSSR count). The summed E-state index contributed by atoms with van der Waals surface area (Å²) in [6.45, 7) is 0. The van der Waals surface area contributed by atoms with Crippen LogP contribution in [0, 0.1) is 0 Å². The van der Waals surface area contributed by atoms with Gasteiger partial charge in [-0.1, -0.05) is 133 Å². The van der Waals surface area contributed by atoms with Gasteiger partial charge >= 0.3 is 0 Å². The van der Waals surface area contributed by atoms with Gasteiger partial charge in [-0.3, -0.25) is 0 Å². The maximum Gasteiger partial charge on any atom is 0.164 e. The van der Waals surface area contributed by atoms with Crippen molar-refractivity contribution >= 4 is 54.3 Å². The van der Waals surface area contributed by atoms with Crippen LogP contribution in [0.4, 0.5) is 0 Å². The average molecular weight is 626 g/mol. The molecular weight excluding hydrogens is 599 g/mol. The first-order chi connectivity index (χ1) is 24.2. The lowest BCUT2D eigenvalue weighted by molar-refractivity contribution is 0.669. The molecule has 4 heteroatoms. The molecule has 0 fully saturated rings. The fourth-order valence-corrected chi connectivity index (χ4v) is 7.07. The van der Waals surface area contributed by atoms with E-state index in [1.54, 1.807) is 0 Å². The molecule has 228 valence electrons. The molecule has 0 saturated heterocycles. The second-order valence-electron chi connectivity index (χ2n) is 12.5. The summed E-state index contributed by atoms with van der Waals surface area (Å²) in [6.07, 6.45) is 0. The third-order valence-electron chi connectivity index (χ3n) is 9.46. The highest BCUT2D eigenvalue weighted by molar-refractivity contribution is 6.16. The highest BCUT2D eigenvalue weighted by atomic mass is 16.3. The fraction of sp³-hybridized carbons (Fsp3) is 0. The summed E-state index contributed by atoms with van der Waals surface area (Å²) in [7, 11) is 0. The third kappa shape index (κ3) is 4.65. The summed E-state index contributed by atoms with van der Waals surface area (Å²) in [4.78, 5) is 15.5. The fourth-order valence-electron chi connectivity index (χ4n) is 7.07. The molecule has 0 radical (unpaired) electrons. The standard InChI is InChI=1S/C45H27N3O/c1-2-12-30(13-3-1)38-25-35(27-41-42(38)39-24-32-16-6-7-17-33(32)26-40(39)49-41)44-46-43(34-22-21-28-11-4-5-15-31(28)23-34)47-45(48-44)37-20-10-18-29-14-8-9-19-36(29)37/h1-27H. The van der Waals surface area contributed by atoms with Crippen molar-refractivity contribution in [2.45, 2.75) is 0 Å². The number of nitrogens with zero attached hydrogens (tertiary/aromatic N) is 3. The van der Waals surface area contributed by atoms with Gasteiger partial charge in [-0.2, -0.15) is 0 Å². The number of rotatable bonds is 4. The molecular formula is C45H27N3O. The second kappa shape index (κ2) is 11.0. The molecule has 2 aromatic heterocycles. The van der Waals surface area contributed by atoms with E-state index in [0.717, 1.165) is 71.3 Å². The van der Waals surface area contributed by atoms with Gasteiger partial charge in [0, 0.05) is 27.5 Å². The molecule has 0 amide bonds. The van der Waals surface area contributed by atoms with Crippen molar-refractivity contribution < 1.29 is 4.42 Å². The predicted molar refractivity (Wildman–Crippen MR) is 201 cm³/mol. The first-order valence-corrected chi connectivity index (χ1v) is 16.4. The molecule has 0 aliphatic rings. The average Bonchev–Trinajstić information content (AvgIpc) is 3.53. The smallest absolute Gasteiger partial charge is 0.164 e. The van der Waals surface area contributed by atoms with Gasteiger partial charge in [0.25, 0.3) is 0 Å². The van der Waals surface area contributed by atoms with Gasteiger partial charge in [0.05, 0.1) is 0 Å². The van der Waals surface area contributed by atoms with Crippen LogP contribution in [0.3, 0.4) is 0 Å². The van der Waals surface area contributed by atoms with Crippen LogP contribution >= 0.6 is 0 Å². The van der Waals surface area contributed by atoms with Crippen molar-refractivity contribution in [1.29, 1.82) is 0 Å². The van der Waals surface area contributed by atoms with Crippen molar-refractivity contribution in [3.63, 3.8) is 0 Å². The summed E-state index contributed by atoms with van der Waals surface area (Å²) >= 11 is 0. The summed E-state index contributed by atoms with van der Waals surface area (Å²) < 4.78 is 6.65. The monoisotopic (exact) mass is 625 g/mol. The van der Waals surface area contributed by atoms with E-state index in [1.165, 1.54) is 10.8 Å². The van der Waals surface area contributed by atoms with Crippen molar-refractivity contribution in [2.75, 3.05) is 0 Å². The molecule has 0 saturated carbocycles. The lowest BCUT2D eigenvalue weighted by Crippen LogP contribution is -2.01. The van der Waals surface area contributed by atoms with Crippen LogP contribution in [0.2, 0.25) is 0 Å². The van der Waals surface area contributed by atoms with Gasteiger partial charge in [0.1, 0.15) is 11.2 Å². The van der Waals surface area contributed by atoms with Gasteiger partial charge in [0.15, 0.2) is 17.5 Å². The largest absolute Gasteiger partial charge is 0.456 e. The van der Waals surface area contributed by atoms with Crippen LogP contribution in [0.5, 0.6) is 0 Å². The topological polar surface area (TPSA) is 51.8 Å². The maximum atomic E-state index is 6.65. The van der Waals surface area contributed by atoms with E-state index in [9.17, 15) is 0 Å². The molecule has 0 spiro atoms. The Labute approximate surface area is 282 Å². The highest BCUT2D eigenvalue weighted by Gasteiger charge is 2.19. The Hall–Kier alpha value is -6.65. The Kier molecular flexibility index (Phi) is 6.15. The summed E-state index contributed by atoms with van der Waals surface area (Å²) in [6, 6.07) is 56.9. The number of benzene rings is 8. The third-order valence-corrected chi connectivity index (χ3v) is 9.46. The molecule has 10 aromatic rings. The molecule has 2 heterocycles. The minimum Gasteiger partial charge on any atom is -0.456 e. The SMILES string of the molecule is c1ccc(-c2cc(-c3nc(-c4ccc5ccccc5c4)nc(-c4cccc5ccccc45)n3)cc3oc4cc5ccccc5cc4c23)cc1. The summed E-state index contributed by atoms with van der Waals surface area (Å²) in [5, 5.41) is 9.03. The molecule has 8 aromatic carbocycles. The Balaban J connectivity index is 1.26. The number of hydrogen-bond acceptors (Lipinski definition) is 4. The van der Waals surface area contributed by atoms with Gasteiger partial charge in [-0.05, 0) is 73.8 Å². The van der Waals surface area contributed by atoms with Crippen molar-refractivity contribution in [3.05, 3.63) is 164 Å². The Bertz CT molecular complexity index is 2890. The summed E-state index contributed by atoms with van der Waals surface area (Å²) in [5.41, 5.74) is 6.57. The van der Waals surface area contributed by atoms with Crippen molar-refractivity contribution in [3.8, 4) is 45.3 Å². The van der Waals surface area contributed by atoms with Gasteiger partial charge < -0.3 is 4.42 Å². The number of hydrogen-bond donors (Lipinski definition) is 0. The minimum absolute atomic E-state index is 0.589. The van der Waals surface area contributed by atoms with Crippen molar-refractivity contribution in [2.24, 2.45) is 0 Å². The molecule has 4 nitrogen and oxygen atoms in total. The predicted octanol–water partition coefficient (Wildman–Crippen LogP) is 11.9. The molecule has 0 bridgehead atoms. The zero-order valence-electron chi connectivity index (χ0n) is 26.3. The van der Waals surface area contributed by atoms with Gasteiger partial charge in [0.2, 0.25) is 0 Å². The van der Waals surface area contributed by atoms with E-state index in [2.05, 4.69) is 158 Å². The normalized spacial score (nSPS) is 11.7. The van der Waals surface area contributed by atoms with Crippen LogP contribution in [-0.4, -0.2) is 15.0 Å². The summed E-state index contributed by atoms with van der Waals surface area (Å²) in [5.74, 6) is 1.84. The van der Waals surface area contributed by atoms with Crippen LogP contribution < -0.4 is 0 Å². The first-order valence-electron chi connectivity index (χ1n) is 16.4. The molecule has 0 aliphatic heterocycles. The van der Waals surface area contributed by atoms with E-state index in [1.807, 2.05) is 6.07 Å². The molecule has 49 heavy (non-hydrogen) atoms. The van der Waals surface area contributed by atoms with Gasteiger partial charge in [-0.15, -0.1) is 0 Å². The number of furan rings is 1. The number of aromatic nitrogens is 3. The van der Waals surface area contributed by atoms with Gasteiger partial charge in [-0.25, -0.2) is 15.0 Å². The quantitative estimate of drug-likeness (QED) is 0.195. The van der Waals surface area contributed by atoms with Crippen LogP contribution in [-0.2, 0) is 0 Å². The van der Waals surface area contributed by atoms with E-state index >= 15 is 0 Å². The highest BCUT2D eigenvalue weighted by Crippen LogP contribution is 2.41. The second-order valence-corrected chi connectivity index (χ2v) is 12.5. The number of fused-ring (bicyclic) bond motifs is 6. The molecule has 0 atom stereocenters. The van der Waals surface area contributed by atoms with E-state index in [0.29, 0.717) is 17.5 Å². The lowest BCUT2D eigenvalue weighted by Gasteiger charge is -2.12. The Morgan fingerprint density at radius 3 is 1.78 bits per heavy atom. The Morgan fingerprint density at radius 2 is 0.959 bits per heavy atom.